The molecule has 2 aliphatic rings. The van der Waals surface area contributed by atoms with Crippen molar-refractivity contribution >= 4 is 45.7 Å². The Morgan fingerprint density at radius 2 is 2.19 bits per heavy atom. The number of thiophene rings is 1. The average Bonchev–Trinajstić information content (AvgIpc) is 3.15. The molecule has 2 fully saturated rings. The zero-order valence-corrected chi connectivity index (χ0v) is 16.0. The molecule has 1 saturated heterocycles. The number of aromatic nitrogens is 1. The molecular formula is C17H18N4O3S2. The van der Waals surface area contributed by atoms with Gasteiger partial charge in [0.2, 0.25) is 5.91 Å². The lowest BCUT2D eigenvalue weighted by Crippen LogP contribution is -2.46. The van der Waals surface area contributed by atoms with E-state index < -0.39 is 17.5 Å². The number of hydrogen-bond donors (Lipinski definition) is 2. The van der Waals surface area contributed by atoms with E-state index in [0.29, 0.717) is 5.13 Å². The van der Waals surface area contributed by atoms with Gasteiger partial charge in [-0.25, -0.2) is 9.78 Å². The van der Waals surface area contributed by atoms with E-state index in [1.165, 1.54) is 16.2 Å². The molecule has 2 N–H and O–H groups in total. The molecule has 136 valence electrons. The van der Waals surface area contributed by atoms with Crippen molar-refractivity contribution < 1.29 is 14.4 Å². The van der Waals surface area contributed by atoms with Gasteiger partial charge < -0.3 is 10.6 Å². The molecule has 4 amide bonds. The molecule has 4 rings (SSSR count). The van der Waals surface area contributed by atoms with Crippen molar-refractivity contribution in [3.8, 4) is 10.6 Å². The Labute approximate surface area is 158 Å². The minimum atomic E-state index is -0.872. The van der Waals surface area contributed by atoms with Crippen LogP contribution in [0.1, 0.15) is 24.6 Å². The number of aryl methyl sites for hydroxylation is 1. The van der Waals surface area contributed by atoms with Crippen molar-refractivity contribution in [2.75, 3.05) is 11.9 Å². The predicted molar refractivity (Wildman–Crippen MR) is 100 cm³/mol. The van der Waals surface area contributed by atoms with E-state index in [1.807, 2.05) is 24.4 Å². The van der Waals surface area contributed by atoms with Gasteiger partial charge in [-0.3, -0.25) is 14.5 Å². The molecule has 2 aromatic heterocycles. The van der Waals surface area contributed by atoms with Crippen LogP contribution >= 0.6 is 22.7 Å². The second-order valence-corrected chi connectivity index (χ2v) is 8.94. The predicted octanol–water partition coefficient (Wildman–Crippen LogP) is 2.84. The number of amides is 4. The van der Waals surface area contributed by atoms with Crippen molar-refractivity contribution in [1.82, 2.24) is 15.2 Å². The molecule has 2 aromatic rings. The molecule has 0 unspecified atom stereocenters. The summed E-state index contributed by atoms with van der Waals surface area (Å²) in [5.74, 6) is -0.589. The number of thiazole rings is 1. The Morgan fingerprint density at radius 1 is 1.42 bits per heavy atom. The highest BCUT2D eigenvalue weighted by Gasteiger charge is 2.56. The van der Waals surface area contributed by atoms with Gasteiger partial charge in [0.1, 0.15) is 12.1 Å². The van der Waals surface area contributed by atoms with Crippen LogP contribution in [0.15, 0.2) is 17.5 Å². The van der Waals surface area contributed by atoms with Gasteiger partial charge in [0.05, 0.1) is 10.6 Å². The topological polar surface area (TPSA) is 91.4 Å². The number of nitrogens with zero attached hydrogens (tertiary/aromatic N) is 2. The van der Waals surface area contributed by atoms with E-state index in [1.54, 1.807) is 18.3 Å². The first kappa shape index (κ1) is 17.2. The molecular weight excluding hydrogens is 372 g/mol. The van der Waals surface area contributed by atoms with E-state index in [4.69, 9.17) is 0 Å². The quantitative estimate of drug-likeness (QED) is 0.768. The smallest absolute Gasteiger partial charge is 0.323 e. The first-order valence-corrected chi connectivity index (χ1v) is 10.0. The zero-order chi connectivity index (χ0) is 18.5. The molecule has 1 aliphatic heterocycles. The summed E-state index contributed by atoms with van der Waals surface area (Å²) in [4.78, 5) is 44.6. The van der Waals surface area contributed by atoms with Gasteiger partial charge in [0.15, 0.2) is 5.13 Å². The maximum Gasteiger partial charge on any atom is 0.325 e. The molecule has 0 radical (unpaired) electrons. The normalized spacial score (nSPS) is 22.6. The molecule has 1 aliphatic carbocycles. The highest BCUT2D eigenvalue weighted by atomic mass is 32.1. The number of carbonyl (C=O) groups is 3. The fraction of sp³-hybridized carbons (Fsp3) is 0.412. The summed E-state index contributed by atoms with van der Waals surface area (Å²) in [7, 11) is 0. The van der Waals surface area contributed by atoms with Crippen molar-refractivity contribution in [2.45, 2.75) is 32.2 Å². The molecule has 0 aromatic carbocycles. The second-order valence-electron chi connectivity index (χ2n) is 6.79. The molecule has 3 heterocycles. The third-order valence-electron chi connectivity index (χ3n) is 4.74. The largest absolute Gasteiger partial charge is 0.325 e. The lowest BCUT2D eigenvalue weighted by atomic mass is 9.96. The summed E-state index contributed by atoms with van der Waals surface area (Å²) in [6.07, 6.45) is 1.85. The Morgan fingerprint density at radius 3 is 2.85 bits per heavy atom. The SMILES string of the molecule is Cc1ccc(-c2csc(NC(=O)CN3C(=O)N[C@@](C)(C4CC4)C3=O)n2)s1. The Balaban J connectivity index is 1.41. The molecule has 26 heavy (non-hydrogen) atoms. The van der Waals surface area contributed by atoms with Crippen LogP contribution in [0.2, 0.25) is 0 Å². The minimum Gasteiger partial charge on any atom is -0.323 e. The van der Waals surface area contributed by atoms with Gasteiger partial charge in [0, 0.05) is 10.3 Å². The first-order chi connectivity index (χ1) is 12.4. The van der Waals surface area contributed by atoms with Gasteiger partial charge in [-0.15, -0.1) is 22.7 Å². The van der Waals surface area contributed by atoms with Gasteiger partial charge in [0.25, 0.3) is 5.91 Å². The Hall–Kier alpha value is -2.26. The van der Waals surface area contributed by atoms with Crippen LogP contribution in [0.4, 0.5) is 9.93 Å². The Kier molecular flexibility index (Phi) is 4.07. The first-order valence-electron chi connectivity index (χ1n) is 8.33. The maximum atomic E-state index is 12.5. The fourth-order valence-electron chi connectivity index (χ4n) is 3.12. The summed E-state index contributed by atoms with van der Waals surface area (Å²) >= 11 is 2.95. The van der Waals surface area contributed by atoms with Crippen LogP contribution < -0.4 is 10.6 Å². The molecule has 0 spiro atoms. The van der Waals surface area contributed by atoms with Gasteiger partial charge in [-0.2, -0.15) is 0 Å². The summed E-state index contributed by atoms with van der Waals surface area (Å²) in [6.45, 7) is 3.45. The van der Waals surface area contributed by atoms with Crippen molar-refractivity contribution in [3.63, 3.8) is 0 Å². The van der Waals surface area contributed by atoms with Crippen LogP contribution in [0, 0.1) is 12.8 Å². The van der Waals surface area contributed by atoms with E-state index >= 15 is 0 Å². The number of rotatable bonds is 5. The van der Waals surface area contributed by atoms with E-state index in [-0.39, 0.29) is 18.4 Å². The van der Waals surface area contributed by atoms with E-state index in [9.17, 15) is 14.4 Å². The summed E-state index contributed by atoms with van der Waals surface area (Å²) in [5.41, 5.74) is -0.0670. The van der Waals surface area contributed by atoms with Crippen LogP contribution in [0.5, 0.6) is 0 Å². The van der Waals surface area contributed by atoms with Crippen molar-refractivity contribution in [1.29, 1.82) is 0 Å². The highest BCUT2D eigenvalue weighted by Crippen LogP contribution is 2.42. The number of hydrogen-bond acceptors (Lipinski definition) is 6. The third-order valence-corrected chi connectivity index (χ3v) is 6.52. The van der Waals surface area contributed by atoms with Gasteiger partial charge in [-0.1, -0.05) is 0 Å². The highest BCUT2D eigenvalue weighted by molar-refractivity contribution is 7.17. The second kappa shape index (κ2) is 6.17. The zero-order valence-electron chi connectivity index (χ0n) is 14.4. The lowest BCUT2D eigenvalue weighted by Gasteiger charge is -2.20. The maximum absolute atomic E-state index is 12.5. The summed E-state index contributed by atoms with van der Waals surface area (Å²) in [6, 6.07) is 3.51. The number of nitrogens with one attached hydrogen (secondary N) is 2. The molecule has 0 bridgehead atoms. The Bertz CT molecular complexity index is 901. The average molecular weight is 390 g/mol. The van der Waals surface area contributed by atoms with Gasteiger partial charge in [-0.05, 0) is 44.7 Å². The lowest BCUT2D eigenvalue weighted by molar-refractivity contribution is -0.134. The molecule has 9 heteroatoms. The summed E-state index contributed by atoms with van der Waals surface area (Å²) < 4.78 is 0. The third kappa shape index (κ3) is 3.01. The molecule has 1 atom stereocenters. The number of imide groups is 1. The number of urea groups is 1. The van der Waals surface area contributed by atoms with E-state index in [0.717, 1.165) is 28.3 Å². The number of carbonyl (C=O) groups excluding carboxylic acids is 3. The molecule has 7 nitrogen and oxygen atoms in total. The monoisotopic (exact) mass is 390 g/mol. The van der Waals surface area contributed by atoms with Crippen LogP contribution in [0.25, 0.3) is 10.6 Å². The fourth-order valence-corrected chi connectivity index (χ4v) is 4.75. The van der Waals surface area contributed by atoms with Crippen molar-refractivity contribution in [3.05, 3.63) is 22.4 Å². The van der Waals surface area contributed by atoms with Crippen LogP contribution in [-0.2, 0) is 9.59 Å². The van der Waals surface area contributed by atoms with Crippen LogP contribution in [-0.4, -0.2) is 39.8 Å². The van der Waals surface area contributed by atoms with Crippen LogP contribution in [0.3, 0.4) is 0 Å². The minimum absolute atomic E-state index is 0.169. The van der Waals surface area contributed by atoms with Crippen molar-refractivity contribution in [2.24, 2.45) is 5.92 Å². The standard InChI is InChI=1S/C17H18N4O3S2/c1-9-3-6-12(26-9)11-8-25-15(18-11)19-13(22)7-21-14(23)17(2,10-4-5-10)20-16(21)24/h3,6,8,10H,4-5,7H2,1-2H3,(H,20,24)(H,18,19,22)/t17-/m0/s1. The van der Waals surface area contributed by atoms with E-state index in [2.05, 4.69) is 15.6 Å². The summed E-state index contributed by atoms with van der Waals surface area (Å²) in [5, 5.41) is 7.74. The molecule has 1 saturated carbocycles. The number of anilines is 1. The van der Waals surface area contributed by atoms with Gasteiger partial charge >= 0.3 is 6.03 Å².